The van der Waals surface area contributed by atoms with Crippen molar-refractivity contribution < 1.29 is 44.3 Å². The minimum absolute atomic E-state index is 0.126. The summed E-state index contributed by atoms with van der Waals surface area (Å²) in [5.41, 5.74) is -5.43. The van der Waals surface area contributed by atoms with E-state index in [1.807, 2.05) is 0 Å². The fraction of sp³-hybridized carbons (Fsp3) is 0.278. The molecule has 2 heterocycles. The maximum atomic E-state index is 13.0. The van der Waals surface area contributed by atoms with Gasteiger partial charge in [0.25, 0.3) is 11.9 Å². The van der Waals surface area contributed by atoms with Crippen LogP contribution in [0.5, 0.6) is 0 Å². The number of carbonyl (C=O) groups is 1. The quantitative estimate of drug-likeness (QED) is 0.532. The molecule has 0 aliphatic heterocycles. The second-order valence-electron chi connectivity index (χ2n) is 6.79. The van der Waals surface area contributed by atoms with Crippen LogP contribution in [-0.4, -0.2) is 30.6 Å². The van der Waals surface area contributed by atoms with Gasteiger partial charge < -0.3 is 5.32 Å². The second-order valence-corrected chi connectivity index (χ2v) is 6.79. The van der Waals surface area contributed by atoms with Gasteiger partial charge in [0, 0.05) is 18.0 Å². The van der Waals surface area contributed by atoms with Crippen molar-refractivity contribution in [3.05, 3.63) is 65.0 Å². The Morgan fingerprint density at radius 1 is 0.824 bits per heavy atom. The van der Waals surface area contributed by atoms with Crippen LogP contribution in [0.4, 0.5) is 39.5 Å². The number of amides is 1. The van der Waals surface area contributed by atoms with E-state index in [-0.39, 0.29) is 30.0 Å². The predicted octanol–water partition coefficient (Wildman–Crippen LogP) is 4.60. The minimum atomic E-state index is -5.15. The molecule has 1 amide bonds. The number of nitrogens with one attached hydrogen (secondary N) is 1. The predicted molar refractivity (Wildman–Crippen MR) is 94.3 cm³/mol. The maximum Gasteiger partial charge on any atom is 0.419 e. The highest BCUT2D eigenvalue weighted by Gasteiger charge is 2.38. The molecule has 7 nitrogen and oxygen atoms in total. The van der Waals surface area contributed by atoms with E-state index in [1.165, 1.54) is 6.92 Å². The number of carbonyl (C=O) groups excluding carboxylic acids is 1. The van der Waals surface area contributed by atoms with E-state index >= 15 is 0 Å². The molecule has 1 aromatic carbocycles. The number of nitrogens with zero attached hydrogens (tertiary/aromatic N) is 5. The first-order valence-electron chi connectivity index (χ1n) is 8.97. The van der Waals surface area contributed by atoms with Gasteiger partial charge in [-0.15, -0.1) is 0 Å². The zero-order chi connectivity index (χ0) is 25.5. The number of benzene rings is 1. The third-order valence-electron chi connectivity index (χ3n) is 4.31. The third kappa shape index (κ3) is 5.43. The van der Waals surface area contributed by atoms with Crippen LogP contribution in [0.2, 0.25) is 0 Å². The number of alkyl halides is 9. The lowest BCUT2D eigenvalue weighted by atomic mass is 10.0. The third-order valence-corrected chi connectivity index (χ3v) is 4.31. The lowest BCUT2D eigenvalue weighted by Gasteiger charge is -2.17. The standard InChI is InChI=1S/C18H11F9N6O/c1-8(13-30-7-31-33(13)15-28-5-12(6-29-15)18(25,26)27)32-14(34)9-2-10(16(19,20)21)4-11(3-9)17(22,23)24/h2-8H,1H3,(H,32,34)/t8-/m0/s1. The topological polar surface area (TPSA) is 85.6 Å². The first-order chi connectivity index (χ1) is 15.6. The van der Waals surface area contributed by atoms with E-state index in [2.05, 4.69) is 25.4 Å². The molecule has 0 aliphatic rings. The molecule has 0 saturated heterocycles. The Hall–Kier alpha value is -3.72. The molecule has 182 valence electrons. The van der Waals surface area contributed by atoms with Crippen LogP contribution in [0.3, 0.4) is 0 Å². The van der Waals surface area contributed by atoms with Crippen molar-refractivity contribution in [3.63, 3.8) is 0 Å². The molecule has 0 saturated carbocycles. The van der Waals surface area contributed by atoms with E-state index in [0.717, 1.165) is 11.0 Å². The lowest BCUT2D eigenvalue weighted by molar-refractivity contribution is -0.143. The molecule has 0 aliphatic carbocycles. The summed E-state index contributed by atoms with van der Waals surface area (Å²) < 4.78 is 117. The van der Waals surface area contributed by atoms with Gasteiger partial charge in [-0.1, -0.05) is 0 Å². The van der Waals surface area contributed by atoms with Crippen LogP contribution >= 0.6 is 0 Å². The van der Waals surface area contributed by atoms with Crippen molar-refractivity contribution in [1.29, 1.82) is 0 Å². The van der Waals surface area contributed by atoms with Crippen LogP contribution in [-0.2, 0) is 18.5 Å². The van der Waals surface area contributed by atoms with Crippen molar-refractivity contribution in [2.45, 2.75) is 31.5 Å². The summed E-state index contributed by atoms with van der Waals surface area (Å²) in [7, 11) is 0. The highest BCUT2D eigenvalue weighted by molar-refractivity contribution is 5.94. The molecule has 1 N–H and O–H groups in total. The van der Waals surface area contributed by atoms with Crippen molar-refractivity contribution in [1.82, 2.24) is 30.0 Å². The SMILES string of the molecule is C[C@H](NC(=O)c1cc(C(F)(F)F)cc(C(F)(F)F)c1)c1ncnn1-c1ncc(C(F)(F)F)cn1. The largest absolute Gasteiger partial charge is 0.419 e. The van der Waals surface area contributed by atoms with Crippen LogP contribution in [0, 0.1) is 0 Å². The molecular weight excluding hydrogens is 487 g/mol. The summed E-state index contributed by atoms with van der Waals surface area (Å²) in [5, 5.41) is 5.89. The Morgan fingerprint density at radius 3 is 1.79 bits per heavy atom. The van der Waals surface area contributed by atoms with Crippen molar-refractivity contribution in [3.8, 4) is 5.95 Å². The molecule has 2 aromatic heterocycles. The Bertz CT molecular complexity index is 1150. The molecule has 3 rings (SSSR count). The average Bonchev–Trinajstić information content (AvgIpc) is 3.21. The summed E-state index contributed by atoms with van der Waals surface area (Å²) >= 11 is 0. The van der Waals surface area contributed by atoms with Gasteiger partial charge in [0.05, 0.1) is 22.7 Å². The van der Waals surface area contributed by atoms with Crippen LogP contribution in [0.15, 0.2) is 36.9 Å². The zero-order valence-corrected chi connectivity index (χ0v) is 16.6. The molecular formula is C18H11F9N6O. The molecule has 0 radical (unpaired) electrons. The van der Waals surface area contributed by atoms with Gasteiger partial charge in [0.2, 0.25) is 0 Å². The van der Waals surface area contributed by atoms with Gasteiger partial charge in [0.15, 0.2) is 5.82 Å². The summed E-state index contributed by atoms with van der Waals surface area (Å²) in [4.78, 5) is 23.3. The van der Waals surface area contributed by atoms with Crippen LogP contribution < -0.4 is 5.32 Å². The number of halogens is 9. The molecule has 16 heteroatoms. The number of aromatic nitrogens is 5. The van der Waals surface area contributed by atoms with Gasteiger partial charge >= 0.3 is 18.5 Å². The van der Waals surface area contributed by atoms with Crippen LogP contribution in [0.25, 0.3) is 5.95 Å². The van der Waals surface area contributed by atoms with Gasteiger partial charge in [-0.25, -0.2) is 15.0 Å². The Labute approximate surface area is 183 Å². The number of rotatable bonds is 4. The van der Waals surface area contributed by atoms with Gasteiger partial charge in [-0.2, -0.15) is 49.3 Å². The molecule has 3 aromatic rings. The van der Waals surface area contributed by atoms with E-state index in [0.29, 0.717) is 12.4 Å². The number of hydrogen-bond donors (Lipinski definition) is 1. The smallest absolute Gasteiger partial charge is 0.342 e. The zero-order valence-electron chi connectivity index (χ0n) is 16.6. The van der Waals surface area contributed by atoms with E-state index < -0.39 is 52.7 Å². The summed E-state index contributed by atoms with van der Waals surface area (Å²) in [5.74, 6) is -1.83. The minimum Gasteiger partial charge on any atom is -0.342 e. The fourth-order valence-corrected chi connectivity index (χ4v) is 2.71. The Kier molecular flexibility index (Phi) is 6.28. The highest BCUT2D eigenvalue weighted by Crippen LogP contribution is 2.36. The first-order valence-corrected chi connectivity index (χ1v) is 8.97. The number of hydrogen-bond acceptors (Lipinski definition) is 5. The van der Waals surface area contributed by atoms with Gasteiger partial charge in [0.1, 0.15) is 6.33 Å². The molecule has 1 atom stereocenters. The summed E-state index contributed by atoms with van der Waals surface area (Å²) in [6, 6.07) is -0.800. The van der Waals surface area contributed by atoms with Crippen molar-refractivity contribution in [2.24, 2.45) is 0 Å². The van der Waals surface area contributed by atoms with Crippen molar-refractivity contribution in [2.75, 3.05) is 0 Å². The van der Waals surface area contributed by atoms with Crippen LogP contribution in [0.1, 0.15) is 45.8 Å². The lowest BCUT2D eigenvalue weighted by Crippen LogP contribution is -2.29. The summed E-state index contributed by atoms with van der Waals surface area (Å²) in [6.07, 6.45) is -13.1. The van der Waals surface area contributed by atoms with E-state index in [1.54, 1.807) is 0 Å². The van der Waals surface area contributed by atoms with E-state index in [4.69, 9.17) is 0 Å². The highest BCUT2D eigenvalue weighted by atomic mass is 19.4. The molecule has 0 unspecified atom stereocenters. The van der Waals surface area contributed by atoms with Gasteiger partial charge in [-0.3, -0.25) is 4.79 Å². The monoisotopic (exact) mass is 498 g/mol. The average molecular weight is 498 g/mol. The molecule has 0 spiro atoms. The molecule has 34 heavy (non-hydrogen) atoms. The Morgan fingerprint density at radius 2 is 1.32 bits per heavy atom. The van der Waals surface area contributed by atoms with E-state index in [9.17, 15) is 44.3 Å². The molecule has 0 bridgehead atoms. The maximum absolute atomic E-state index is 13.0. The molecule has 0 fully saturated rings. The first kappa shape index (κ1) is 24.9. The van der Waals surface area contributed by atoms with Crippen molar-refractivity contribution >= 4 is 5.91 Å². The normalized spacial score (nSPS) is 13.6. The Balaban J connectivity index is 1.89. The van der Waals surface area contributed by atoms with Gasteiger partial charge in [-0.05, 0) is 25.1 Å². The second kappa shape index (κ2) is 8.57. The fourth-order valence-electron chi connectivity index (χ4n) is 2.71. The summed E-state index contributed by atoms with van der Waals surface area (Å²) in [6.45, 7) is 1.26.